The van der Waals surface area contributed by atoms with Gasteiger partial charge in [0.25, 0.3) is 5.91 Å². The van der Waals surface area contributed by atoms with Gasteiger partial charge in [0, 0.05) is 30.1 Å². The van der Waals surface area contributed by atoms with Crippen molar-refractivity contribution in [3.63, 3.8) is 0 Å². The minimum absolute atomic E-state index is 0.0205. The van der Waals surface area contributed by atoms with Crippen LogP contribution in [-0.4, -0.2) is 48.2 Å². The summed E-state index contributed by atoms with van der Waals surface area (Å²) >= 11 is 0. The van der Waals surface area contributed by atoms with Gasteiger partial charge in [0.15, 0.2) is 0 Å². The molecule has 3 rings (SSSR count). The third-order valence-corrected chi connectivity index (χ3v) is 3.77. The number of fused-ring (bicyclic) bond motifs is 1. The molecule has 5 nitrogen and oxygen atoms in total. The van der Waals surface area contributed by atoms with Crippen molar-refractivity contribution in [1.29, 1.82) is 0 Å². The van der Waals surface area contributed by atoms with Crippen molar-refractivity contribution in [2.24, 2.45) is 0 Å². The van der Waals surface area contributed by atoms with Crippen molar-refractivity contribution in [3.05, 3.63) is 30.0 Å². The Morgan fingerprint density at radius 2 is 2.00 bits per heavy atom. The first-order chi connectivity index (χ1) is 10.1. The molecule has 0 radical (unpaired) electrons. The zero-order valence-electron chi connectivity index (χ0n) is 12.6. The Hall–Kier alpha value is -2.01. The highest BCUT2D eigenvalue weighted by Gasteiger charge is 2.27. The molecule has 2 atom stereocenters. The van der Waals surface area contributed by atoms with Gasteiger partial charge < -0.3 is 19.4 Å². The van der Waals surface area contributed by atoms with Gasteiger partial charge >= 0.3 is 0 Å². The zero-order valence-corrected chi connectivity index (χ0v) is 12.6. The molecule has 0 unspecified atom stereocenters. The number of rotatable bonds is 2. The molecule has 1 aromatic heterocycles. The van der Waals surface area contributed by atoms with Gasteiger partial charge in [-0.25, -0.2) is 0 Å². The van der Waals surface area contributed by atoms with Crippen LogP contribution in [0, 0.1) is 0 Å². The number of methoxy groups -OCH3 is 1. The van der Waals surface area contributed by atoms with E-state index in [1.54, 1.807) is 7.11 Å². The van der Waals surface area contributed by atoms with Crippen LogP contribution in [0.25, 0.3) is 10.9 Å². The van der Waals surface area contributed by atoms with Crippen LogP contribution in [0.4, 0.5) is 0 Å². The molecular formula is C16H20N2O3. The number of benzene rings is 1. The highest BCUT2D eigenvalue weighted by Crippen LogP contribution is 2.22. The lowest BCUT2D eigenvalue weighted by Gasteiger charge is -2.35. The highest BCUT2D eigenvalue weighted by atomic mass is 16.5. The third-order valence-electron chi connectivity index (χ3n) is 3.77. The minimum Gasteiger partial charge on any atom is -0.497 e. The number of hydrogen-bond acceptors (Lipinski definition) is 3. The van der Waals surface area contributed by atoms with Crippen LogP contribution in [0.5, 0.6) is 5.75 Å². The molecule has 1 aliphatic heterocycles. The summed E-state index contributed by atoms with van der Waals surface area (Å²) < 4.78 is 10.9. The fourth-order valence-electron chi connectivity index (χ4n) is 2.86. The van der Waals surface area contributed by atoms with Crippen LogP contribution >= 0.6 is 0 Å². The lowest BCUT2D eigenvalue weighted by molar-refractivity contribution is -0.0587. The number of carbonyl (C=O) groups excluding carboxylic acids is 1. The Bertz CT molecular complexity index is 655. The van der Waals surface area contributed by atoms with Crippen LogP contribution in [0.3, 0.4) is 0 Å². The van der Waals surface area contributed by atoms with Gasteiger partial charge in [-0.05, 0) is 32.0 Å². The van der Waals surface area contributed by atoms with Crippen molar-refractivity contribution >= 4 is 16.8 Å². The molecule has 1 aliphatic rings. The van der Waals surface area contributed by atoms with Gasteiger partial charge in [-0.3, -0.25) is 4.79 Å². The summed E-state index contributed by atoms with van der Waals surface area (Å²) in [6.45, 7) is 5.24. The second-order valence-electron chi connectivity index (χ2n) is 5.60. The molecule has 1 N–H and O–H groups in total. The van der Waals surface area contributed by atoms with Crippen LogP contribution in [0.1, 0.15) is 24.3 Å². The molecule has 1 amide bonds. The second-order valence-corrected chi connectivity index (χ2v) is 5.60. The number of nitrogens with one attached hydrogen (secondary N) is 1. The third kappa shape index (κ3) is 2.74. The fourth-order valence-corrected chi connectivity index (χ4v) is 2.86. The van der Waals surface area contributed by atoms with E-state index < -0.39 is 0 Å². The van der Waals surface area contributed by atoms with E-state index in [-0.39, 0.29) is 18.1 Å². The van der Waals surface area contributed by atoms with E-state index in [0.717, 1.165) is 16.7 Å². The highest BCUT2D eigenvalue weighted by molar-refractivity contribution is 5.98. The van der Waals surface area contributed by atoms with Crippen molar-refractivity contribution in [2.75, 3.05) is 20.2 Å². The average molecular weight is 288 g/mol. The maximum Gasteiger partial charge on any atom is 0.270 e. The molecule has 0 saturated carbocycles. The normalized spacial score (nSPS) is 22.5. The molecular weight excluding hydrogens is 268 g/mol. The van der Waals surface area contributed by atoms with Crippen molar-refractivity contribution in [2.45, 2.75) is 26.1 Å². The molecule has 5 heteroatoms. The van der Waals surface area contributed by atoms with Gasteiger partial charge in [0.05, 0.1) is 19.3 Å². The van der Waals surface area contributed by atoms with E-state index in [1.165, 1.54) is 0 Å². The van der Waals surface area contributed by atoms with Crippen molar-refractivity contribution in [3.8, 4) is 5.75 Å². The Morgan fingerprint density at radius 1 is 1.29 bits per heavy atom. The number of nitrogens with zero attached hydrogens (tertiary/aromatic N) is 1. The van der Waals surface area contributed by atoms with Gasteiger partial charge in [0.1, 0.15) is 11.4 Å². The molecule has 1 aromatic carbocycles. The summed E-state index contributed by atoms with van der Waals surface area (Å²) in [5, 5.41) is 1.01. The van der Waals surface area contributed by atoms with Crippen LogP contribution < -0.4 is 4.74 Å². The number of ether oxygens (including phenoxy) is 2. The summed E-state index contributed by atoms with van der Waals surface area (Å²) in [5.41, 5.74) is 1.52. The first-order valence-corrected chi connectivity index (χ1v) is 7.18. The predicted octanol–water partition coefficient (Wildman–Crippen LogP) is 2.43. The molecule has 2 aromatic rings. The van der Waals surface area contributed by atoms with E-state index in [1.807, 2.05) is 43.0 Å². The van der Waals surface area contributed by atoms with Gasteiger partial charge in [0.2, 0.25) is 0 Å². The summed E-state index contributed by atoms with van der Waals surface area (Å²) in [6.07, 6.45) is 0.143. The molecule has 2 heterocycles. The zero-order chi connectivity index (χ0) is 15.0. The van der Waals surface area contributed by atoms with Gasteiger partial charge in [-0.2, -0.15) is 0 Å². The number of aromatic nitrogens is 1. The monoisotopic (exact) mass is 288 g/mol. The Kier molecular flexibility index (Phi) is 3.59. The van der Waals surface area contributed by atoms with Crippen LogP contribution in [0.15, 0.2) is 24.3 Å². The Balaban J connectivity index is 1.87. The molecule has 21 heavy (non-hydrogen) atoms. The van der Waals surface area contributed by atoms with E-state index >= 15 is 0 Å². The fraction of sp³-hybridized carbons (Fsp3) is 0.438. The summed E-state index contributed by atoms with van der Waals surface area (Å²) in [7, 11) is 1.63. The van der Waals surface area contributed by atoms with E-state index in [4.69, 9.17) is 9.47 Å². The Labute approximate surface area is 123 Å². The smallest absolute Gasteiger partial charge is 0.270 e. The maximum atomic E-state index is 12.6. The molecule has 112 valence electrons. The number of aromatic amines is 1. The van der Waals surface area contributed by atoms with E-state index in [2.05, 4.69) is 4.98 Å². The standard InChI is InChI=1S/C16H20N2O3/c1-10-8-18(9-11(2)21-10)16(19)15-6-12-4-5-13(20-3)7-14(12)17-15/h4-7,10-11,17H,8-9H2,1-3H3/t10-,11+. The number of carbonyl (C=O) groups is 1. The van der Waals surface area contributed by atoms with Gasteiger partial charge in [-0.1, -0.05) is 0 Å². The number of hydrogen-bond donors (Lipinski definition) is 1. The predicted molar refractivity (Wildman–Crippen MR) is 80.8 cm³/mol. The molecule has 0 bridgehead atoms. The summed E-state index contributed by atoms with van der Waals surface area (Å²) in [4.78, 5) is 17.7. The van der Waals surface area contributed by atoms with Crippen LogP contribution in [0.2, 0.25) is 0 Å². The maximum absolute atomic E-state index is 12.6. The van der Waals surface area contributed by atoms with Crippen LogP contribution in [-0.2, 0) is 4.74 Å². The summed E-state index contributed by atoms with van der Waals surface area (Å²) in [5.74, 6) is 0.795. The summed E-state index contributed by atoms with van der Waals surface area (Å²) in [6, 6.07) is 7.63. The Morgan fingerprint density at radius 3 is 2.67 bits per heavy atom. The lowest BCUT2D eigenvalue weighted by atomic mass is 10.2. The first kappa shape index (κ1) is 13.9. The lowest BCUT2D eigenvalue weighted by Crippen LogP contribution is -2.48. The molecule has 0 aliphatic carbocycles. The number of H-pyrrole nitrogens is 1. The van der Waals surface area contributed by atoms with Gasteiger partial charge in [-0.15, -0.1) is 0 Å². The van der Waals surface area contributed by atoms with Crippen molar-refractivity contribution < 1.29 is 14.3 Å². The molecule has 1 saturated heterocycles. The largest absolute Gasteiger partial charge is 0.497 e. The minimum atomic E-state index is 0.0205. The SMILES string of the molecule is COc1ccc2cc(C(=O)N3C[C@@H](C)O[C@@H](C)C3)[nH]c2c1. The topological polar surface area (TPSA) is 54.6 Å². The average Bonchev–Trinajstić information content (AvgIpc) is 2.88. The van der Waals surface area contributed by atoms with E-state index in [0.29, 0.717) is 18.8 Å². The molecule has 1 fully saturated rings. The van der Waals surface area contributed by atoms with E-state index in [9.17, 15) is 4.79 Å². The van der Waals surface area contributed by atoms with Crippen molar-refractivity contribution in [1.82, 2.24) is 9.88 Å². The quantitative estimate of drug-likeness (QED) is 0.923. The second kappa shape index (κ2) is 5.41. The first-order valence-electron chi connectivity index (χ1n) is 7.18. The molecule has 0 spiro atoms. The number of morpholine rings is 1. The number of amides is 1.